The summed E-state index contributed by atoms with van der Waals surface area (Å²) in [5, 5.41) is 12.2. The molecule has 7 rings (SSSR count). The molecule has 0 atom stereocenters. The summed E-state index contributed by atoms with van der Waals surface area (Å²) in [7, 11) is 0. The molecule has 34 heavy (non-hydrogen) atoms. The van der Waals surface area contributed by atoms with Crippen molar-refractivity contribution in [2.24, 2.45) is 0 Å². The second-order valence-corrected chi connectivity index (χ2v) is 10.3. The first-order valence-electron chi connectivity index (χ1n) is 12.2. The normalized spacial score (nSPS) is 18.6. The lowest BCUT2D eigenvalue weighted by Gasteiger charge is -2.26. The van der Waals surface area contributed by atoms with Crippen LogP contribution in [0.15, 0.2) is 41.5 Å². The zero-order valence-corrected chi connectivity index (χ0v) is 19.5. The maximum absolute atomic E-state index is 13.2. The highest BCUT2D eigenvalue weighted by Gasteiger charge is 2.46. The lowest BCUT2D eigenvalue weighted by molar-refractivity contribution is 0.468. The lowest BCUT2D eigenvalue weighted by Crippen LogP contribution is -2.33. The summed E-state index contributed by atoms with van der Waals surface area (Å²) < 4.78 is 5.54. The van der Waals surface area contributed by atoms with E-state index in [2.05, 4.69) is 33.8 Å². The number of fused-ring (bicyclic) bond motifs is 3. The molecule has 0 saturated heterocycles. The maximum atomic E-state index is 13.2. The number of hydrogen-bond donors (Lipinski definition) is 2. The van der Waals surface area contributed by atoms with Gasteiger partial charge >= 0.3 is 0 Å². The first kappa shape index (κ1) is 20.0. The average molecular weight is 457 g/mol. The molecular formula is C25H28N8O. The van der Waals surface area contributed by atoms with Gasteiger partial charge in [-0.1, -0.05) is 6.07 Å². The van der Waals surface area contributed by atoms with Gasteiger partial charge in [0, 0.05) is 48.7 Å². The second-order valence-electron chi connectivity index (χ2n) is 10.3. The van der Waals surface area contributed by atoms with E-state index < -0.39 is 0 Å². The monoisotopic (exact) mass is 456 g/mol. The number of hydrogen-bond acceptors (Lipinski definition) is 6. The van der Waals surface area contributed by atoms with Gasteiger partial charge in [-0.25, -0.2) is 14.3 Å². The van der Waals surface area contributed by atoms with Gasteiger partial charge in [0.05, 0.1) is 6.04 Å². The van der Waals surface area contributed by atoms with Gasteiger partial charge in [-0.2, -0.15) is 10.1 Å². The second kappa shape index (κ2) is 7.02. The van der Waals surface area contributed by atoms with Gasteiger partial charge in [0.25, 0.3) is 5.56 Å². The third kappa shape index (κ3) is 3.03. The van der Waals surface area contributed by atoms with Crippen molar-refractivity contribution < 1.29 is 0 Å². The third-order valence-corrected chi connectivity index (χ3v) is 7.41. The van der Waals surface area contributed by atoms with Crippen molar-refractivity contribution in [2.75, 3.05) is 11.9 Å². The molecule has 2 aliphatic carbocycles. The van der Waals surface area contributed by atoms with E-state index in [1.807, 2.05) is 35.5 Å². The van der Waals surface area contributed by atoms with Crippen LogP contribution in [0.1, 0.15) is 62.7 Å². The molecule has 1 spiro atoms. The van der Waals surface area contributed by atoms with Crippen LogP contribution in [0.25, 0.3) is 16.9 Å². The maximum Gasteiger partial charge on any atom is 0.278 e. The molecule has 0 unspecified atom stereocenters. The van der Waals surface area contributed by atoms with E-state index in [1.54, 1.807) is 10.9 Å². The number of nitrogens with one attached hydrogen (secondary N) is 2. The van der Waals surface area contributed by atoms with Crippen LogP contribution in [-0.2, 0) is 12.0 Å². The topological polar surface area (TPSA) is 94.6 Å². The fourth-order valence-corrected chi connectivity index (χ4v) is 5.32. The smallest absolute Gasteiger partial charge is 0.278 e. The van der Waals surface area contributed by atoms with Crippen LogP contribution in [0.4, 0.5) is 11.6 Å². The van der Waals surface area contributed by atoms with E-state index >= 15 is 0 Å². The number of nitrogens with zero attached hydrogens (tertiary/aromatic N) is 6. The van der Waals surface area contributed by atoms with Crippen LogP contribution in [0.5, 0.6) is 0 Å². The fraction of sp³-hybridized carbons (Fsp3) is 0.440. The zero-order valence-electron chi connectivity index (χ0n) is 19.5. The summed E-state index contributed by atoms with van der Waals surface area (Å²) >= 11 is 0. The first-order valence-corrected chi connectivity index (χ1v) is 12.2. The fourth-order valence-electron chi connectivity index (χ4n) is 5.32. The lowest BCUT2D eigenvalue weighted by atomic mass is 9.88. The summed E-state index contributed by atoms with van der Waals surface area (Å²) in [6.07, 6.45) is 8.44. The molecule has 0 amide bonds. The molecule has 174 valence electrons. The zero-order chi connectivity index (χ0) is 23.0. The van der Waals surface area contributed by atoms with Crippen molar-refractivity contribution in [1.29, 1.82) is 0 Å². The summed E-state index contributed by atoms with van der Waals surface area (Å²) in [5.41, 5.74) is 4.57. The predicted molar refractivity (Wildman–Crippen MR) is 130 cm³/mol. The van der Waals surface area contributed by atoms with Crippen molar-refractivity contribution in [3.8, 4) is 5.82 Å². The molecule has 0 radical (unpaired) electrons. The minimum atomic E-state index is -0.105. The van der Waals surface area contributed by atoms with Crippen LogP contribution in [0.3, 0.4) is 0 Å². The number of aromatic nitrogens is 6. The van der Waals surface area contributed by atoms with Crippen molar-refractivity contribution in [2.45, 2.75) is 63.6 Å². The number of benzene rings is 1. The largest absolute Gasteiger partial charge is 0.324 e. The molecule has 1 aromatic carbocycles. The molecule has 9 heteroatoms. The van der Waals surface area contributed by atoms with E-state index in [4.69, 9.17) is 10.1 Å². The van der Waals surface area contributed by atoms with E-state index in [-0.39, 0.29) is 11.6 Å². The Hall–Kier alpha value is -3.46. The van der Waals surface area contributed by atoms with Crippen molar-refractivity contribution in [1.82, 2.24) is 34.4 Å². The molecule has 4 heterocycles. The third-order valence-electron chi connectivity index (χ3n) is 7.41. The number of rotatable bonds is 5. The van der Waals surface area contributed by atoms with Crippen molar-refractivity contribution in [3.05, 3.63) is 58.1 Å². The summed E-state index contributed by atoms with van der Waals surface area (Å²) in [4.78, 5) is 22.5. The molecule has 0 bridgehead atoms. The van der Waals surface area contributed by atoms with Crippen LogP contribution in [0.2, 0.25) is 0 Å². The molecule has 4 aromatic rings. The van der Waals surface area contributed by atoms with E-state index in [9.17, 15) is 4.79 Å². The van der Waals surface area contributed by atoms with Crippen LogP contribution in [0, 0.1) is 0 Å². The molecule has 2 saturated carbocycles. The highest BCUT2D eigenvalue weighted by molar-refractivity contribution is 5.77. The molecule has 1 aliphatic heterocycles. The summed E-state index contributed by atoms with van der Waals surface area (Å²) in [6.45, 7) is 5.95. The number of anilines is 2. The van der Waals surface area contributed by atoms with Gasteiger partial charge < -0.3 is 10.6 Å². The van der Waals surface area contributed by atoms with Crippen LogP contribution in [-0.4, -0.2) is 35.7 Å². The Bertz CT molecular complexity index is 1480. The van der Waals surface area contributed by atoms with E-state index in [0.717, 1.165) is 31.6 Å². The Morgan fingerprint density at radius 1 is 1.21 bits per heavy atom. The van der Waals surface area contributed by atoms with Crippen molar-refractivity contribution >= 4 is 22.7 Å². The van der Waals surface area contributed by atoms with Crippen molar-refractivity contribution in [3.63, 3.8) is 0 Å². The molecule has 3 aromatic heterocycles. The van der Waals surface area contributed by atoms with Gasteiger partial charge in [0.15, 0.2) is 11.5 Å². The quantitative estimate of drug-likeness (QED) is 0.477. The molecular weight excluding hydrogens is 428 g/mol. The standard InChI is InChI=1S/C25H28N8O/c1-15(2)32-23(34)19-13-27-24(29-22(19)33(32)21-7-10-31(30-21)18-4-5-18)28-17-3-6-20-16(11-17)12-26-14-25(20)8-9-25/h3,6-7,10-11,13,15,18,26H,4-5,8-9,12,14H2,1-2H3,(H,27,28,29). The molecule has 2 fully saturated rings. The predicted octanol–water partition coefficient (Wildman–Crippen LogP) is 3.57. The Morgan fingerprint density at radius 3 is 2.82 bits per heavy atom. The van der Waals surface area contributed by atoms with Gasteiger partial charge in [-0.05, 0) is 62.8 Å². The minimum Gasteiger partial charge on any atom is -0.324 e. The minimum absolute atomic E-state index is 0.0490. The Labute approximate surface area is 196 Å². The van der Waals surface area contributed by atoms with Gasteiger partial charge in [-0.15, -0.1) is 0 Å². The molecule has 3 aliphatic rings. The van der Waals surface area contributed by atoms with Crippen LogP contribution < -0.4 is 16.2 Å². The SMILES string of the molecule is CC(C)n1c(=O)c2cnc(Nc3ccc4c(c3)CNCC43CC3)nc2n1-c1ccn(C2CC2)n1. The van der Waals surface area contributed by atoms with Crippen LogP contribution >= 0.6 is 0 Å². The highest BCUT2D eigenvalue weighted by Crippen LogP contribution is 2.50. The van der Waals surface area contributed by atoms with E-state index in [0.29, 0.717) is 34.3 Å². The Kier molecular flexibility index (Phi) is 4.12. The van der Waals surface area contributed by atoms with Gasteiger partial charge in [0.1, 0.15) is 5.39 Å². The average Bonchev–Trinajstić information content (AvgIpc) is 3.74. The molecule has 2 N–H and O–H groups in total. The van der Waals surface area contributed by atoms with E-state index in [1.165, 1.54) is 24.0 Å². The Balaban J connectivity index is 1.30. The summed E-state index contributed by atoms with van der Waals surface area (Å²) in [6, 6.07) is 8.93. The highest BCUT2D eigenvalue weighted by atomic mass is 16.1. The molecule has 9 nitrogen and oxygen atoms in total. The van der Waals surface area contributed by atoms with Gasteiger partial charge in [0.2, 0.25) is 5.95 Å². The summed E-state index contributed by atoms with van der Waals surface area (Å²) in [5.74, 6) is 1.17. The first-order chi connectivity index (χ1) is 16.5. The Morgan fingerprint density at radius 2 is 2.06 bits per heavy atom. The van der Waals surface area contributed by atoms with Gasteiger partial charge in [-0.3, -0.25) is 9.48 Å².